The summed E-state index contributed by atoms with van der Waals surface area (Å²) in [5.41, 5.74) is 0.996. The summed E-state index contributed by atoms with van der Waals surface area (Å²) >= 11 is 6.16. The van der Waals surface area contributed by atoms with E-state index in [1.807, 2.05) is 24.3 Å². The maximum Gasteiger partial charge on any atom is 0.291 e. The van der Waals surface area contributed by atoms with Crippen LogP contribution < -0.4 is 9.79 Å². The number of ether oxygens (including phenoxy) is 1. The second-order valence-corrected chi connectivity index (χ2v) is 5.75. The summed E-state index contributed by atoms with van der Waals surface area (Å²) in [6, 6.07) is 7.59. The number of carbonyl (C=O) groups excluding carboxylic acids is 1. The highest BCUT2D eigenvalue weighted by Gasteiger charge is 2.27. The fourth-order valence-corrected chi connectivity index (χ4v) is 2.77. The molecule has 1 aliphatic rings. The summed E-state index contributed by atoms with van der Waals surface area (Å²) < 4.78 is 11.3. The van der Waals surface area contributed by atoms with Crippen LogP contribution in [-0.4, -0.2) is 41.9 Å². The number of rotatable bonds is 4. The van der Waals surface area contributed by atoms with E-state index in [9.17, 15) is 9.90 Å². The first-order valence-corrected chi connectivity index (χ1v) is 7.66. The van der Waals surface area contributed by atoms with Gasteiger partial charge in [0.2, 0.25) is 6.20 Å². The predicted molar refractivity (Wildman–Crippen MR) is 77.6 cm³/mol. The van der Waals surface area contributed by atoms with Crippen molar-refractivity contribution in [2.24, 2.45) is 0 Å². The second kappa shape index (κ2) is 6.97. The Hall–Kier alpha value is -2.12. The third-order valence-corrected chi connectivity index (χ3v) is 4.05. The molecule has 0 saturated carbocycles. The highest BCUT2D eigenvalue weighted by Crippen LogP contribution is 2.19. The molecule has 1 fully saturated rings. The zero-order valence-electron chi connectivity index (χ0n) is 12.4. The number of hydrogen-bond donors (Lipinski definition) is 0. The highest BCUT2D eigenvalue weighted by molar-refractivity contribution is 6.31. The Balaban J connectivity index is 1.59. The van der Waals surface area contributed by atoms with Gasteiger partial charge in [0, 0.05) is 24.5 Å². The molecule has 7 nitrogen and oxygen atoms in total. The molecule has 0 bridgehead atoms. The molecule has 1 atom stereocenters. The summed E-state index contributed by atoms with van der Waals surface area (Å²) in [6.45, 7) is 1.44. The van der Waals surface area contributed by atoms with Crippen LogP contribution in [0.3, 0.4) is 0 Å². The number of hydrogen-bond acceptors (Lipinski definition) is 5. The zero-order chi connectivity index (χ0) is 16.2. The van der Waals surface area contributed by atoms with Crippen molar-refractivity contribution in [1.82, 2.24) is 10.2 Å². The average Bonchev–Trinajstić information content (AvgIpc) is 2.95. The normalized spacial score (nSPS) is 18.1. The summed E-state index contributed by atoms with van der Waals surface area (Å²) in [6.07, 6.45) is 1.69. The maximum atomic E-state index is 12.3. The van der Waals surface area contributed by atoms with Crippen LogP contribution in [0.15, 0.2) is 35.0 Å². The van der Waals surface area contributed by atoms with E-state index in [4.69, 9.17) is 16.3 Å². The first-order valence-electron chi connectivity index (χ1n) is 7.28. The number of nitrogens with zero attached hydrogens (tertiary/aromatic N) is 3. The molecular weight excluding hydrogens is 322 g/mol. The average molecular weight is 338 g/mol. The molecule has 1 amide bonds. The van der Waals surface area contributed by atoms with Gasteiger partial charge in [-0.1, -0.05) is 34.5 Å². The van der Waals surface area contributed by atoms with Gasteiger partial charge in [0.1, 0.15) is 5.95 Å². The van der Waals surface area contributed by atoms with Gasteiger partial charge in [-0.2, -0.15) is 0 Å². The number of halogens is 1. The Kier molecular flexibility index (Phi) is 4.78. The van der Waals surface area contributed by atoms with Gasteiger partial charge in [0.15, 0.2) is 0 Å². The molecule has 122 valence electrons. The fraction of sp³-hybridized carbons (Fsp3) is 0.400. The third kappa shape index (κ3) is 4.00. The van der Waals surface area contributed by atoms with Crippen molar-refractivity contribution in [2.45, 2.75) is 19.1 Å². The number of morpholine rings is 1. The second-order valence-electron chi connectivity index (χ2n) is 5.35. The van der Waals surface area contributed by atoms with Gasteiger partial charge in [-0.3, -0.25) is 4.79 Å². The minimum absolute atomic E-state index is 0.0233. The SMILES string of the molecule is O=C(C[n+]1cc([O-])on1)N1CCOC(Cc2ccccc2Cl)C1. The van der Waals surface area contributed by atoms with E-state index in [-0.39, 0.29) is 18.6 Å². The van der Waals surface area contributed by atoms with Crippen LogP contribution in [-0.2, 0) is 22.5 Å². The lowest BCUT2D eigenvalue weighted by atomic mass is 10.1. The monoisotopic (exact) mass is 337 g/mol. The van der Waals surface area contributed by atoms with E-state index in [2.05, 4.69) is 9.79 Å². The van der Waals surface area contributed by atoms with Crippen molar-refractivity contribution >= 4 is 17.5 Å². The summed E-state index contributed by atoms with van der Waals surface area (Å²) in [5, 5.41) is 15.1. The standard InChI is InChI=1S/C15H16ClN3O4/c16-13-4-2-1-3-11(13)7-12-8-18(5-6-22-12)14(20)9-19-10-15(21)23-17-19/h1-4,10,12H,5-9H2. The van der Waals surface area contributed by atoms with E-state index < -0.39 is 5.95 Å². The summed E-state index contributed by atoms with van der Waals surface area (Å²) in [4.78, 5) is 14.0. The van der Waals surface area contributed by atoms with Crippen molar-refractivity contribution in [3.8, 4) is 5.95 Å². The molecule has 23 heavy (non-hydrogen) atoms. The number of aromatic nitrogens is 2. The lowest BCUT2D eigenvalue weighted by molar-refractivity contribution is -0.751. The molecule has 0 aliphatic carbocycles. The van der Waals surface area contributed by atoms with Crippen molar-refractivity contribution in [1.29, 1.82) is 0 Å². The van der Waals surface area contributed by atoms with Gasteiger partial charge in [-0.15, -0.1) is 0 Å². The van der Waals surface area contributed by atoms with Crippen LogP contribution in [0.5, 0.6) is 5.95 Å². The minimum atomic E-state index is -0.573. The number of carbonyl (C=O) groups is 1. The van der Waals surface area contributed by atoms with E-state index in [0.29, 0.717) is 31.1 Å². The smallest absolute Gasteiger partial charge is 0.291 e. The van der Waals surface area contributed by atoms with Crippen molar-refractivity contribution in [2.75, 3.05) is 19.7 Å². The van der Waals surface area contributed by atoms with Crippen LogP contribution in [0, 0.1) is 0 Å². The molecule has 0 radical (unpaired) electrons. The van der Waals surface area contributed by atoms with Gasteiger partial charge in [-0.05, 0) is 11.6 Å². The predicted octanol–water partition coefficient (Wildman–Crippen LogP) is 0.159. The first-order chi connectivity index (χ1) is 11.1. The minimum Gasteiger partial charge on any atom is -0.539 e. The molecule has 3 rings (SSSR count). The van der Waals surface area contributed by atoms with Crippen LogP contribution in [0.4, 0.5) is 0 Å². The molecule has 1 saturated heterocycles. The molecule has 0 spiro atoms. The molecule has 2 aromatic rings. The van der Waals surface area contributed by atoms with Gasteiger partial charge < -0.3 is 19.3 Å². The molecule has 1 unspecified atom stereocenters. The quantitative estimate of drug-likeness (QED) is 0.742. The van der Waals surface area contributed by atoms with Gasteiger partial charge in [-0.25, -0.2) is 0 Å². The van der Waals surface area contributed by atoms with E-state index >= 15 is 0 Å². The Bertz CT molecular complexity index is 691. The maximum absolute atomic E-state index is 12.3. The number of benzene rings is 1. The molecule has 0 N–H and O–H groups in total. The molecular formula is C15H16ClN3O4. The van der Waals surface area contributed by atoms with Crippen LogP contribution in [0.1, 0.15) is 5.56 Å². The molecule has 1 aromatic carbocycles. The molecule has 2 heterocycles. The molecule has 8 heteroatoms. The largest absolute Gasteiger partial charge is 0.539 e. The highest BCUT2D eigenvalue weighted by atomic mass is 35.5. The van der Waals surface area contributed by atoms with Crippen LogP contribution in [0.2, 0.25) is 5.02 Å². The lowest BCUT2D eigenvalue weighted by Gasteiger charge is -2.32. The molecule has 1 aliphatic heterocycles. The Morgan fingerprint density at radius 2 is 2.30 bits per heavy atom. The van der Waals surface area contributed by atoms with Gasteiger partial charge in [0.05, 0.1) is 18.0 Å². The summed E-state index contributed by atoms with van der Waals surface area (Å²) in [7, 11) is 0. The Morgan fingerprint density at radius 1 is 1.48 bits per heavy atom. The van der Waals surface area contributed by atoms with Crippen molar-refractivity contribution in [3.05, 3.63) is 41.0 Å². The van der Waals surface area contributed by atoms with E-state index in [1.165, 1.54) is 4.68 Å². The lowest BCUT2D eigenvalue weighted by Crippen LogP contribution is -2.51. The Morgan fingerprint density at radius 3 is 3.04 bits per heavy atom. The fourth-order valence-electron chi connectivity index (χ4n) is 2.55. The van der Waals surface area contributed by atoms with Crippen molar-refractivity contribution < 1.29 is 23.8 Å². The molecule has 1 aromatic heterocycles. The summed E-state index contributed by atoms with van der Waals surface area (Å²) in [5.74, 6) is -0.702. The zero-order valence-corrected chi connectivity index (χ0v) is 13.1. The first kappa shape index (κ1) is 15.8. The van der Waals surface area contributed by atoms with E-state index in [0.717, 1.165) is 11.8 Å². The van der Waals surface area contributed by atoms with Crippen molar-refractivity contribution in [3.63, 3.8) is 0 Å². The van der Waals surface area contributed by atoms with Crippen LogP contribution in [0.25, 0.3) is 0 Å². The van der Waals surface area contributed by atoms with Gasteiger partial charge in [0.25, 0.3) is 12.5 Å². The third-order valence-electron chi connectivity index (χ3n) is 3.68. The van der Waals surface area contributed by atoms with Gasteiger partial charge >= 0.3 is 0 Å². The van der Waals surface area contributed by atoms with E-state index in [1.54, 1.807) is 4.90 Å². The number of amides is 1. The Labute approximate surface area is 138 Å². The topological polar surface area (TPSA) is 82.5 Å². The van der Waals surface area contributed by atoms with Crippen LogP contribution >= 0.6 is 11.6 Å².